The minimum absolute atomic E-state index is 0.0638. The minimum Gasteiger partial charge on any atom is -0.354 e. The second kappa shape index (κ2) is 7.00. The van der Waals surface area contributed by atoms with E-state index in [9.17, 15) is 4.79 Å². The van der Waals surface area contributed by atoms with Crippen LogP contribution in [0.5, 0.6) is 0 Å². The monoisotopic (exact) mass is 240 g/mol. The van der Waals surface area contributed by atoms with E-state index in [1.807, 2.05) is 7.05 Å². The molecule has 0 aromatic heterocycles. The van der Waals surface area contributed by atoms with Gasteiger partial charge < -0.3 is 10.6 Å². The average Bonchev–Trinajstić information content (AvgIpc) is 2.30. The van der Waals surface area contributed by atoms with Gasteiger partial charge in [0, 0.05) is 18.0 Å². The highest BCUT2D eigenvalue weighted by atomic mass is 16.1. The zero-order valence-corrected chi connectivity index (χ0v) is 11.6. The van der Waals surface area contributed by atoms with Gasteiger partial charge in [-0.15, -0.1) is 0 Å². The lowest BCUT2D eigenvalue weighted by molar-refractivity contribution is -0.123. The second-order valence-corrected chi connectivity index (χ2v) is 5.53. The Hall–Kier alpha value is -0.570. The van der Waals surface area contributed by atoms with Crippen molar-refractivity contribution in [2.24, 2.45) is 0 Å². The maximum Gasteiger partial charge on any atom is 0.222 e. The van der Waals surface area contributed by atoms with E-state index in [1.165, 1.54) is 19.3 Å². The number of rotatable bonds is 6. The highest BCUT2D eigenvalue weighted by Crippen LogP contribution is 2.30. The molecule has 1 unspecified atom stereocenters. The van der Waals surface area contributed by atoms with Gasteiger partial charge in [-0.05, 0) is 33.2 Å². The van der Waals surface area contributed by atoms with Crippen molar-refractivity contribution in [3.8, 4) is 0 Å². The Kier molecular flexibility index (Phi) is 5.96. The summed E-state index contributed by atoms with van der Waals surface area (Å²) < 4.78 is 0. The summed E-state index contributed by atoms with van der Waals surface area (Å²) in [5.74, 6) is 0.210. The van der Waals surface area contributed by atoms with Gasteiger partial charge in [-0.2, -0.15) is 0 Å². The molecule has 0 bridgehead atoms. The standard InChI is InChI=1S/C14H28N2O/c1-4-8-12(2)16-13(17)11-14(15-3)9-6-5-7-10-14/h12,15H,4-11H2,1-3H3,(H,16,17). The summed E-state index contributed by atoms with van der Waals surface area (Å²) in [6, 6.07) is 0.310. The average molecular weight is 240 g/mol. The molecule has 1 rings (SSSR count). The Morgan fingerprint density at radius 2 is 1.94 bits per heavy atom. The molecular formula is C14H28N2O. The van der Waals surface area contributed by atoms with Gasteiger partial charge in [0.25, 0.3) is 0 Å². The Bertz CT molecular complexity index is 234. The first-order valence-electron chi connectivity index (χ1n) is 7.10. The summed E-state index contributed by atoms with van der Waals surface area (Å²) in [6.45, 7) is 4.24. The van der Waals surface area contributed by atoms with Crippen LogP contribution in [0.1, 0.15) is 65.2 Å². The molecule has 3 heteroatoms. The highest BCUT2D eigenvalue weighted by molar-refractivity contribution is 5.77. The van der Waals surface area contributed by atoms with Gasteiger partial charge in [-0.3, -0.25) is 4.79 Å². The van der Waals surface area contributed by atoms with Crippen LogP contribution in [0, 0.1) is 0 Å². The van der Waals surface area contributed by atoms with E-state index in [0.29, 0.717) is 12.5 Å². The summed E-state index contributed by atoms with van der Waals surface area (Å²) in [5, 5.41) is 6.50. The van der Waals surface area contributed by atoms with Gasteiger partial charge in [0.15, 0.2) is 0 Å². The van der Waals surface area contributed by atoms with Crippen LogP contribution in [0.2, 0.25) is 0 Å². The van der Waals surface area contributed by atoms with Crippen LogP contribution in [0.25, 0.3) is 0 Å². The van der Waals surface area contributed by atoms with Crippen molar-refractivity contribution >= 4 is 5.91 Å². The van der Waals surface area contributed by atoms with Crippen molar-refractivity contribution in [2.75, 3.05) is 7.05 Å². The summed E-state index contributed by atoms with van der Waals surface area (Å²) in [6.07, 6.45) is 8.92. The molecule has 0 heterocycles. The lowest BCUT2D eigenvalue weighted by Crippen LogP contribution is -2.49. The SMILES string of the molecule is CCCC(C)NC(=O)CC1(NC)CCCCC1. The van der Waals surface area contributed by atoms with Gasteiger partial charge in [0.1, 0.15) is 0 Å². The van der Waals surface area contributed by atoms with Crippen LogP contribution < -0.4 is 10.6 Å². The van der Waals surface area contributed by atoms with E-state index < -0.39 is 0 Å². The smallest absolute Gasteiger partial charge is 0.222 e. The van der Waals surface area contributed by atoms with E-state index in [4.69, 9.17) is 0 Å². The maximum absolute atomic E-state index is 12.0. The molecule has 0 radical (unpaired) electrons. The van der Waals surface area contributed by atoms with Gasteiger partial charge >= 0.3 is 0 Å². The van der Waals surface area contributed by atoms with E-state index >= 15 is 0 Å². The lowest BCUT2D eigenvalue weighted by Gasteiger charge is -2.37. The molecule has 0 saturated heterocycles. The van der Waals surface area contributed by atoms with Crippen molar-refractivity contribution in [3.63, 3.8) is 0 Å². The van der Waals surface area contributed by atoms with E-state index in [2.05, 4.69) is 24.5 Å². The maximum atomic E-state index is 12.0. The number of hydrogen-bond acceptors (Lipinski definition) is 2. The highest BCUT2D eigenvalue weighted by Gasteiger charge is 2.32. The Balaban J connectivity index is 2.41. The molecule has 17 heavy (non-hydrogen) atoms. The van der Waals surface area contributed by atoms with Crippen molar-refractivity contribution in [2.45, 2.75) is 76.8 Å². The van der Waals surface area contributed by atoms with Gasteiger partial charge in [-0.1, -0.05) is 32.6 Å². The predicted molar refractivity (Wildman–Crippen MR) is 72.0 cm³/mol. The fourth-order valence-corrected chi connectivity index (χ4v) is 2.88. The summed E-state index contributed by atoms with van der Waals surface area (Å²) in [5.41, 5.74) is 0.0638. The van der Waals surface area contributed by atoms with Crippen molar-refractivity contribution < 1.29 is 4.79 Å². The number of nitrogens with one attached hydrogen (secondary N) is 2. The third-order valence-corrected chi connectivity index (χ3v) is 3.97. The number of carbonyl (C=O) groups is 1. The molecule has 1 amide bonds. The van der Waals surface area contributed by atoms with Crippen LogP contribution in [-0.4, -0.2) is 24.5 Å². The largest absolute Gasteiger partial charge is 0.354 e. The zero-order valence-electron chi connectivity index (χ0n) is 11.6. The van der Waals surface area contributed by atoms with Gasteiger partial charge in [0.05, 0.1) is 0 Å². The van der Waals surface area contributed by atoms with Crippen molar-refractivity contribution in [3.05, 3.63) is 0 Å². The minimum atomic E-state index is 0.0638. The number of amides is 1. The topological polar surface area (TPSA) is 41.1 Å². The second-order valence-electron chi connectivity index (χ2n) is 5.53. The van der Waals surface area contributed by atoms with Crippen molar-refractivity contribution in [1.82, 2.24) is 10.6 Å². The quantitative estimate of drug-likeness (QED) is 0.749. The first-order chi connectivity index (χ1) is 8.12. The molecule has 3 nitrogen and oxygen atoms in total. The fourth-order valence-electron chi connectivity index (χ4n) is 2.88. The molecule has 1 aliphatic rings. The fraction of sp³-hybridized carbons (Fsp3) is 0.929. The van der Waals surface area contributed by atoms with Crippen LogP contribution >= 0.6 is 0 Å². The molecule has 1 saturated carbocycles. The summed E-state index contributed by atoms with van der Waals surface area (Å²) >= 11 is 0. The summed E-state index contributed by atoms with van der Waals surface area (Å²) in [4.78, 5) is 12.0. The first-order valence-corrected chi connectivity index (χ1v) is 7.10. The molecule has 0 aliphatic heterocycles. The number of carbonyl (C=O) groups excluding carboxylic acids is 1. The number of hydrogen-bond donors (Lipinski definition) is 2. The molecule has 2 N–H and O–H groups in total. The van der Waals surface area contributed by atoms with Crippen LogP contribution in [0.4, 0.5) is 0 Å². The van der Waals surface area contributed by atoms with E-state index in [-0.39, 0.29) is 11.4 Å². The Morgan fingerprint density at radius 1 is 1.29 bits per heavy atom. The molecule has 1 aliphatic carbocycles. The molecule has 1 fully saturated rings. The third kappa shape index (κ3) is 4.66. The van der Waals surface area contributed by atoms with E-state index in [0.717, 1.165) is 25.7 Å². The van der Waals surface area contributed by atoms with Crippen molar-refractivity contribution in [1.29, 1.82) is 0 Å². The molecular weight excluding hydrogens is 212 g/mol. The Labute approximate surface area is 106 Å². The molecule has 0 aromatic carbocycles. The van der Waals surface area contributed by atoms with Gasteiger partial charge in [-0.25, -0.2) is 0 Å². The molecule has 100 valence electrons. The van der Waals surface area contributed by atoms with Gasteiger partial charge in [0.2, 0.25) is 5.91 Å². The predicted octanol–water partition coefficient (Wildman–Crippen LogP) is 2.60. The van der Waals surface area contributed by atoms with E-state index in [1.54, 1.807) is 0 Å². The third-order valence-electron chi connectivity index (χ3n) is 3.97. The van der Waals surface area contributed by atoms with Crippen LogP contribution in [0.3, 0.4) is 0 Å². The molecule has 1 atom stereocenters. The van der Waals surface area contributed by atoms with Crippen LogP contribution in [-0.2, 0) is 4.79 Å². The first kappa shape index (κ1) is 14.5. The zero-order chi connectivity index (χ0) is 12.7. The normalized spacial score (nSPS) is 20.9. The lowest BCUT2D eigenvalue weighted by atomic mass is 9.79. The molecule has 0 aromatic rings. The van der Waals surface area contributed by atoms with Crippen LogP contribution in [0.15, 0.2) is 0 Å². The Morgan fingerprint density at radius 3 is 2.47 bits per heavy atom. The molecule has 0 spiro atoms. The summed E-state index contributed by atoms with van der Waals surface area (Å²) in [7, 11) is 1.99.